The van der Waals surface area contributed by atoms with Crippen molar-refractivity contribution >= 4 is 17.4 Å². The van der Waals surface area contributed by atoms with Crippen molar-refractivity contribution in [1.29, 1.82) is 0 Å². The van der Waals surface area contributed by atoms with Gasteiger partial charge in [-0.15, -0.1) is 10.2 Å². The van der Waals surface area contributed by atoms with Gasteiger partial charge in [0, 0.05) is 23.8 Å². The number of thioether (sulfide) groups is 1. The first kappa shape index (κ1) is 17.5. The highest BCUT2D eigenvalue weighted by Crippen LogP contribution is 2.22. The zero-order valence-corrected chi connectivity index (χ0v) is 16.3. The lowest BCUT2D eigenvalue weighted by molar-refractivity contribution is 0.892. The second-order valence-corrected chi connectivity index (χ2v) is 7.72. The fourth-order valence-corrected chi connectivity index (χ4v) is 4.07. The van der Waals surface area contributed by atoms with Crippen LogP contribution in [0.5, 0.6) is 0 Å². The molecule has 5 nitrogen and oxygen atoms in total. The first-order valence-electron chi connectivity index (χ1n) is 8.75. The van der Waals surface area contributed by atoms with Crippen molar-refractivity contribution in [1.82, 2.24) is 19.2 Å². The molecule has 0 atom stereocenters. The highest BCUT2D eigenvalue weighted by atomic mass is 32.2. The van der Waals surface area contributed by atoms with E-state index in [9.17, 15) is 4.79 Å². The van der Waals surface area contributed by atoms with Gasteiger partial charge in [-0.3, -0.25) is 13.8 Å². The normalized spacial score (nSPS) is 11.2. The SMILES string of the molecule is Cc1cccc(CSc2nnc3c(=O)n(-c4cc(C)cc(C)c4)ccn23)c1. The summed E-state index contributed by atoms with van der Waals surface area (Å²) in [4.78, 5) is 12.9. The molecule has 4 aromatic rings. The lowest BCUT2D eigenvalue weighted by Crippen LogP contribution is -2.20. The molecule has 0 radical (unpaired) electrons. The smallest absolute Gasteiger partial charge is 0.280 e. The van der Waals surface area contributed by atoms with Crippen LogP contribution in [0, 0.1) is 20.8 Å². The van der Waals surface area contributed by atoms with Gasteiger partial charge in [0.2, 0.25) is 5.65 Å². The van der Waals surface area contributed by atoms with Crippen molar-refractivity contribution < 1.29 is 0 Å². The number of fused-ring (bicyclic) bond motifs is 1. The Hall–Kier alpha value is -2.86. The van der Waals surface area contributed by atoms with Crippen LogP contribution in [-0.4, -0.2) is 19.2 Å². The van der Waals surface area contributed by atoms with E-state index in [1.54, 1.807) is 26.9 Å². The predicted molar refractivity (Wildman–Crippen MR) is 109 cm³/mol. The molecule has 0 saturated heterocycles. The molecule has 136 valence electrons. The van der Waals surface area contributed by atoms with Gasteiger partial charge in [0.25, 0.3) is 0 Å². The van der Waals surface area contributed by atoms with Gasteiger partial charge in [0.05, 0.1) is 0 Å². The summed E-state index contributed by atoms with van der Waals surface area (Å²) in [5.74, 6) is 0.780. The molecule has 0 unspecified atom stereocenters. The van der Waals surface area contributed by atoms with Gasteiger partial charge < -0.3 is 0 Å². The van der Waals surface area contributed by atoms with E-state index < -0.39 is 0 Å². The summed E-state index contributed by atoms with van der Waals surface area (Å²) in [6, 6.07) is 14.5. The third-order valence-corrected chi connectivity index (χ3v) is 5.39. The van der Waals surface area contributed by atoms with Gasteiger partial charge in [0.15, 0.2) is 5.16 Å². The van der Waals surface area contributed by atoms with Crippen LogP contribution in [0.25, 0.3) is 11.3 Å². The molecule has 2 aromatic carbocycles. The molecule has 0 aliphatic heterocycles. The monoisotopic (exact) mass is 376 g/mol. The van der Waals surface area contributed by atoms with E-state index in [1.165, 1.54) is 11.1 Å². The molecular weight excluding hydrogens is 356 g/mol. The molecule has 4 rings (SSSR count). The van der Waals surface area contributed by atoms with E-state index in [4.69, 9.17) is 0 Å². The van der Waals surface area contributed by atoms with Crippen LogP contribution in [0.2, 0.25) is 0 Å². The molecule has 6 heteroatoms. The summed E-state index contributed by atoms with van der Waals surface area (Å²) in [5.41, 5.74) is 5.70. The Bertz CT molecular complexity index is 1170. The Morgan fingerprint density at radius 2 is 1.70 bits per heavy atom. The summed E-state index contributed by atoms with van der Waals surface area (Å²) >= 11 is 1.57. The third-order valence-electron chi connectivity index (χ3n) is 4.37. The minimum absolute atomic E-state index is 0.169. The molecule has 0 spiro atoms. The van der Waals surface area contributed by atoms with Crippen LogP contribution in [0.4, 0.5) is 0 Å². The minimum Gasteiger partial charge on any atom is -0.280 e. The first-order valence-corrected chi connectivity index (χ1v) is 9.73. The summed E-state index contributed by atoms with van der Waals surface area (Å²) in [5, 5.41) is 9.08. The number of nitrogens with zero attached hydrogens (tertiary/aromatic N) is 4. The topological polar surface area (TPSA) is 52.2 Å². The van der Waals surface area contributed by atoms with Gasteiger partial charge in [-0.25, -0.2) is 0 Å². The zero-order valence-electron chi connectivity index (χ0n) is 15.5. The van der Waals surface area contributed by atoms with Crippen LogP contribution in [-0.2, 0) is 5.75 Å². The Balaban J connectivity index is 1.68. The van der Waals surface area contributed by atoms with E-state index in [-0.39, 0.29) is 5.56 Å². The van der Waals surface area contributed by atoms with Gasteiger partial charge in [-0.1, -0.05) is 47.7 Å². The van der Waals surface area contributed by atoms with E-state index in [0.29, 0.717) is 5.65 Å². The fourth-order valence-electron chi connectivity index (χ4n) is 3.21. The number of rotatable bonds is 4. The Kier molecular flexibility index (Phi) is 4.58. The zero-order chi connectivity index (χ0) is 19.0. The molecule has 0 amide bonds. The van der Waals surface area contributed by atoms with Crippen molar-refractivity contribution in [2.24, 2.45) is 0 Å². The maximum Gasteiger partial charge on any atom is 0.300 e. The van der Waals surface area contributed by atoms with Gasteiger partial charge in [-0.2, -0.15) is 0 Å². The van der Waals surface area contributed by atoms with E-state index >= 15 is 0 Å². The lowest BCUT2D eigenvalue weighted by atomic mass is 10.1. The highest BCUT2D eigenvalue weighted by molar-refractivity contribution is 7.98. The maximum atomic E-state index is 12.9. The number of hydrogen-bond acceptors (Lipinski definition) is 4. The Morgan fingerprint density at radius 3 is 2.44 bits per heavy atom. The Labute approximate surface area is 161 Å². The molecule has 0 saturated carbocycles. The number of aromatic nitrogens is 4. The third kappa shape index (κ3) is 3.53. The summed E-state index contributed by atoms with van der Waals surface area (Å²) < 4.78 is 3.39. The largest absolute Gasteiger partial charge is 0.300 e. The lowest BCUT2D eigenvalue weighted by Gasteiger charge is -2.08. The highest BCUT2D eigenvalue weighted by Gasteiger charge is 2.12. The van der Waals surface area contributed by atoms with Crippen molar-refractivity contribution in [3.8, 4) is 5.69 Å². The van der Waals surface area contributed by atoms with Crippen LogP contribution in [0.3, 0.4) is 0 Å². The molecular formula is C21H20N4OS. The van der Waals surface area contributed by atoms with Crippen molar-refractivity contribution in [2.45, 2.75) is 31.7 Å². The number of benzene rings is 2. The second kappa shape index (κ2) is 7.04. The van der Waals surface area contributed by atoms with Gasteiger partial charge in [-0.05, 0) is 49.6 Å². The van der Waals surface area contributed by atoms with Crippen LogP contribution >= 0.6 is 11.8 Å². The maximum absolute atomic E-state index is 12.9. The average Bonchev–Trinajstić information content (AvgIpc) is 3.03. The average molecular weight is 376 g/mol. The second-order valence-electron chi connectivity index (χ2n) is 6.77. The molecule has 0 fully saturated rings. The molecule has 0 aliphatic rings. The van der Waals surface area contributed by atoms with Gasteiger partial charge >= 0.3 is 5.56 Å². The molecule has 0 N–H and O–H groups in total. The molecule has 2 aromatic heterocycles. The molecule has 27 heavy (non-hydrogen) atoms. The quantitative estimate of drug-likeness (QED) is 0.503. The Morgan fingerprint density at radius 1 is 0.926 bits per heavy atom. The summed E-state index contributed by atoms with van der Waals surface area (Å²) in [6.07, 6.45) is 3.64. The summed E-state index contributed by atoms with van der Waals surface area (Å²) in [7, 11) is 0. The molecule has 0 aliphatic carbocycles. The van der Waals surface area contributed by atoms with E-state index in [1.807, 2.05) is 32.2 Å². The van der Waals surface area contributed by atoms with Crippen LogP contribution < -0.4 is 5.56 Å². The van der Waals surface area contributed by atoms with Crippen molar-refractivity contribution in [3.05, 3.63) is 87.5 Å². The number of aryl methyl sites for hydroxylation is 3. The van der Waals surface area contributed by atoms with Gasteiger partial charge in [0.1, 0.15) is 0 Å². The standard InChI is InChI=1S/C21H20N4OS/c1-14-5-4-6-17(10-14)13-27-21-23-22-19-20(26)24(7-8-25(19)21)18-11-15(2)9-16(3)12-18/h4-12H,13H2,1-3H3. The molecule has 2 heterocycles. The van der Waals surface area contributed by atoms with Crippen molar-refractivity contribution in [2.75, 3.05) is 0 Å². The van der Waals surface area contributed by atoms with Crippen LogP contribution in [0.1, 0.15) is 22.3 Å². The number of hydrogen-bond donors (Lipinski definition) is 0. The predicted octanol–water partition coefficient (Wildman–Crippen LogP) is 4.10. The fraction of sp³-hybridized carbons (Fsp3) is 0.190. The van der Waals surface area contributed by atoms with E-state index in [0.717, 1.165) is 27.7 Å². The van der Waals surface area contributed by atoms with Crippen molar-refractivity contribution in [3.63, 3.8) is 0 Å². The first-order chi connectivity index (χ1) is 13.0. The summed E-state index contributed by atoms with van der Waals surface area (Å²) in [6.45, 7) is 6.13. The molecule has 0 bridgehead atoms. The van der Waals surface area contributed by atoms with E-state index in [2.05, 4.69) is 47.5 Å². The van der Waals surface area contributed by atoms with Crippen LogP contribution in [0.15, 0.2) is 64.8 Å². The minimum atomic E-state index is -0.169.